The van der Waals surface area contributed by atoms with Gasteiger partial charge in [0, 0.05) is 11.4 Å². The lowest BCUT2D eigenvalue weighted by Crippen LogP contribution is -2.01. The summed E-state index contributed by atoms with van der Waals surface area (Å²) in [7, 11) is 0. The van der Waals surface area contributed by atoms with Crippen molar-refractivity contribution in [2.45, 2.75) is 27.7 Å². The number of aryl methyl sites for hydroxylation is 1. The van der Waals surface area contributed by atoms with Gasteiger partial charge in [0.25, 0.3) is 0 Å². The molecule has 0 saturated heterocycles. The highest BCUT2D eigenvalue weighted by Gasteiger charge is 2.03. The number of benzene rings is 1. The van der Waals surface area contributed by atoms with Crippen LogP contribution in [-0.2, 0) is 0 Å². The third kappa shape index (κ3) is 4.29. The van der Waals surface area contributed by atoms with Crippen LogP contribution in [0, 0.1) is 6.92 Å². The van der Waals surface area contributed by atoms with Crippen molar-refractivity contribution >= 4 is 11.3 Å². The Labute approximate surface area is 117 Å². The Morgan fingerprint density at radius 3 is 2.47 bits per heavy atom. The Morgan fingerprint density at radius 1 is 1.21 bits per heavy atom. The van der Waals surface area contributed by atoms with Crippen LogP contribution in [0.25, 0.3) is 5.57 Å². The zero-order chi connectivity index (χ0) is 14.4. The normalized spacial score (nSPS) is 11.7. The fourth-order valence-electron chi connectivity index (χ4n) is 1.62. The van der Waals surface area contributed by atoms with Crippen LogP contribution in [0.2, 0.25) is 0 Å². The Kier molecular flexibility index (Phi) is 5.37. The lowest BCUT2D eigenvalue weighted by molar-refractivity contribution is 1.32. The van der Waals surface area contributed by atoms with Gasteiger partial charge in [-0.2, -0.15) is 0 Å². The quantitative estimate of drug-likeness (QED) is 0.685. The number of nitrogens with one attached hydrogen (secondary N) is 1. The maximum absolute atomic E-state index is 4.08. The zero-order valence-corrected chi connectivity index (χ0v) is 12.4. The molecule has 0 aliphatic rings. The van der Waals surface area contributed by atoms with Crippen LogP contribution in [0.3, 0.4) is 0 Å². The Hall–Kier alpha value is -2.02. The van der Waals surface area contributed by atoms with E-state index in [0.717, 1.165) is 28.1 Å². The molecule has 1 heteroatoms. The highest BCUT2D eigenvalue weighted by molar-refractivity contribution is 5.69. The van der Waals surface area contributed by atoms with Crippen molar-refractivity contribution in [3.05, 3.63) is 72.0 Å². The number of anilines is 1. The molecule has 0 radical (unpaired) electrons. The molecule has 0 unspecified atom stereocenters. The van der Waals surface area contributed by atoms with E-state index in [9.17, 15) is 0 Å². The minimum Gasteiger partial charge on any atom is -0.356 e. The van der Waals surface area contributed by atoms with Crippen LogP contribution in [0.15, 0.2) is 60.9 Å². The van der Waals surface area contributed by atoms with Crippen molar-refractivity contribution in [1.82, 2.24) is 0 Å². The molecule has 0 heterocycles. The van der Waals surface area contributed by atoms with Crippen molar-refractivity contribution in [3.8, 4) is 0 Å². The van der Waals surface area contributed by atoms with Gasteiger partial charge < -0.3 is 5.32 Å². The molecule has 0 fully saturated rings. The smallest absolute Gasteiger partial charge is 0.0419 e. The summed E-state index contributed by atoms with van der Waals surface area (Å²) < 4.78 is 0. The summed E-state index contributed by atoms with van der Waals surface area (Å²) in [5.41, 5.74) is 6.54. The van der Waals surface area contributed by atoms with Gasteiger partial charge in [-0.1, -0.05) is 49.1 Å². The molecule has 1 nitrogen and oxygen atoms in total. The number of hydrogen-bond acceptors (Lipinski definition) is 1. The van der Waals surface area contributed by atoms with Crippen LogP contribution in [0.5, 0.6) is 0 Å². The maximum atomic E-state index is 4.08. The van der Waals surface area contributed by atoms with Crippen LogP contribution in [-0.4, -0.2) is 0 Å². The summed E-state index contributed by atoms with van der Waals surface area (Å²) in [6, 6.07) is 6.31. The first-order valence-electron chi connectivity index (χ1n) is 6.48. The summed E-state index contributed by atoms with van der Waals surface area (Å²) in [5, 5.41) is 3.38. The van der Waals surface area contributed by atoms with Crippen molar-refractivity contribution in [2.24, 2.45) is 0 Å². The average molecular weight is 253 g/mol. The van der Waals surface area contributed by atoms with Gasteiger partial charge in [0.15, 0.2) is 0 Å². The zero-order valence-electron chi connectivity index (χ0n) is 12.4. The summed E-state index contributed by atoms with van der Waals surface area (Å²) in [6.07, 6.45) is 6.07. The number of allylic oxidation sites excluding steroid dienone is 5. The molecule has 1 N–H and O–H groups in total. The molecule has 19 heavy (non-hydrogen) atoms. The molecular formula is C18H23N. The topological polar surface area (TPSA) is 12.0 Å². The predicted molar refractivity (Wildman–Crippen MR) is 87.2 cm³/mol. The molecule has 0 bridgehead atoms. The number of rotatable bonds is 5. The first-order valence-corrected chi connectivity index (χ1v) is 6.48. The fourth-order valence-corrected chi connectivity index (χ4v) is 1.62. The van der Waals surface area contributed by atoms with Gasteiger partial charge in [-0.05, 0) is 50.5 Å². The second kappa shape index (κ2) is 6.79. The maximum Gasteiger partial charge on any atom is 0.0419 e. The van der Waals surface area contributed by atoms with E-state index >= 15 is 0 Å². The van der Waals surface area contributed by atoms with Crippen LogP contribution >= 0.6 is 0 Å². The minimum absolute atomic E-state index is 0.917. The third-order valence-corrected chi connectivity index (χ3v) is 3.03. The van der Waals surface area contributed by atoms with Crippen LogP contribution in [0.4, 0.5) is 5.69 Å². The van der Waals surface area contributed by atoms with E-state index in [1.54, 1.807) is 0 Å². The average Bonchev–Trinajstić information content (AvgIpc) is 2.38. The van der Waals surface area contributed by atoms with Crippen molar-refractivity contribution in [1.29, 1.82) is 0 Å². The van der Waals surface area contributed by atoms with Gasteiger partial charge in [0.05, 0.1) is 0 Å². The van der Waals surface area contributed by atoms with E-state index in [1.807, 2.05) is 39.0 Å². The largest absolute Gasteiger partial charge is 0.356 e. The van der Waals surface area contributed by atoms with E-state index in [0.29, 0.717) is 0 Å². The van der Waals surface area contributed by atoms with E-state index in [2.05, 4.69) is 43.6 Å². The fraction of sp³-hybridized carbons (Fsp3) is 0.222. The van der Waals surface area contributed by atoms with E-state index in [1.165, 1.54) is 5.56 Å². The van der Waals surface area contributed by atoms with Gasteiger partial charge in [0.1, 0.15) is 0 Å². The third-order valence-electron chi connectivity index (χ3n) is 3.03. The highest BCUT2D eigenvalue weighted by atomic mass is 14.9. The molecule has 0 aromatic heterocycles. The molecule has 0 spiro atoms. The van der Waals surface area contributed by atoms with E-state index < -0.39 is 0 Å². The Balaban J connectivity index is 2.96. The van der Waals surface area contributed by atoms with Gasteiger partial charge in [-0.15, -0.1) is 0 Å². The Bertz CT molecular complexity index is 545. The highest BCUT2D eigenvalue weighted by Crippen LogP contribution is 2.23. The summed E-state index contributed by atoms with van der Waals surface area (Å²) >= 11 is 0. The second-order valence-electron chi connectivity index (χ2n) is 4.79. The summed E-state index contributed by atoms with van der Waals surface area (Å²) in [4.78, 5) is 0. The molecule has 1 aromatic carbocycles. The predicted octanol–water partition coefficient (Wildman–Crippen LogP) is 5.48. The van der Waals surface area contributed by atoms with Gasteiger partial charge in [0.2, 0.25) is 0 Å². The van der Waals surface area contributed by atoms with Crippen LogP contribution in [0.1, 0.15) is 31.9 Å². The molecule has 1 rings (SSSR count). The van der Waals surface area contributed by atoms with Gasteiger partial charge >= 0.3 is 0 Å². The van der Waals surface area contributed by atoms with E-state index in [-0.39, 0.29) is 0 Å². The molecule has 0 saturated carbocycles. The molecule has 0 aliphatic carbocycles. The SMILES string of the molecule is C=C(Nc1cc(C(=C)C)ccc1C)/C(C)=C/C=C\C. The molecular weight excluding hydrogens is 230 g/mol. The van der Waals surface area contributed by atoms with Crippen LogP contribution < -0.4 is 5.32 Å². The van der Waals surface area contributed by atoms with Gasteiger partial charge in [-0.25, -0.2) is 0 Å². The molecule has 1 aromatic rings. The molecule has 0 amide bonds. The van der Waals surface area contributed by atoms with Gasteiger partial charge in [-0.3, -0.25) is 0 Å². The summed E-state index contributed by atoms with van der Waals surface area (Å²) in [5.74, 6) is 0. The van der Waals surface area contributed by atoms with Crippen molar-refractivity contribution in [3.63, 3.8) is 0 Å². The molecule has 0 aliphatic heterocycles. The first kappa shape index (κ1) is 15.0. The standard InChI is InChI=1S/C18H23N/c1-7-8-9-14(4)16(6)19-18-12-17(13(2)3)11-10-15(18)5/h7-12,19H,2,6H2,1,3-5H3/b8-7-,14-9+. The van der Waals surface area contributed by atoms with E-state index in [4.69, 9.17) is 0 Å². The molecule has 0 atom stereocenters. The monoisotopic (exact) mass is 253 g/mol. The first-order chi connectivity index (χ1) is 8.95. The second-order valence-corrected chi connectivity index (χ2v) is 4.79. The number of hydrogen-bond donors (Lipinski definition) is 1. The Morgan fingerprint density at radius 2 is 1.89 bits per heavy atom. The molecule has 100 valence electrons. The van der Waals surface area contributed by atoms with Crippen molar-refractivity contribution in [2.75, 3.05) is 5.32 Å². The summed E-state index contributed by atoms with van der Waals surface area (Å²) in [6.45, 7) is 16.2. The lowest BCUT2D eigenvalue weighted by atomic mass is 10.0. The van der Waals surface area contributed by atoms with Crippen molar-refractivity contribution < 1.29 is 0 Å². The lowest BCUT2D eigenvalue weighted by Gasteiger charge is -2.14. The minimum atomic E-state index is 0.917.